The summed E-state index contributed by atoms with van der Waals surface area (Å²) in [5.74, 6) is 0.240. The van der Waals surface area contributed by atoms with Crippen LogP contribution in [0.2, 0.25) is 5.02 Å². The summed E-state index contributed by atoms with van der Waals surface area (Å²) in [6.07, 6.45) is 1.41. The molecule has 1 atom stereocenters. The normalized spacial score (nSPS) is 15.7. The molecule has 2 aromatic rings. The lowest BCUT2D eigenvalue weighted by atomic mass is 10.1. The Labute approximate surface area is 131 Å². The molecule has 0 spiro atoms. The van der Waals surface area contributed by atoms with Crippen LogP contribution in [-0.2, 0) is 4.79 Å². The molecule has 21 heavy (non-hydrogen) atoms. The molecule has 5 nitrogen and oxygen atoms in total. The van der Waals surface area contributed by atoms with Crippen LogP contribution in [0.5, 0.6) is 0 Å². The Kier molecular flexibility index (Phi) is 4.19. The summed E-state index contributed by atoms with van der Waals surface area (Å²) in [4.78, 5) is 11.9. The third-order valence-electron chi connectivity index (χ3n) is 3.25. The molecule has 2 N–H and O–H groups in total. The van der Waals surface area contributed by atoms with Crippen molar-refractivity contribution in [1.29, 1.82) is 0 Å². The van der Waals surface area contributed by atoms with E-state index >= 15 is 0 Å². The lowest BCUT2D eigenvalue weighted by Gasteiger charge is -2.10. The number of aromatic nitrogens is 2. The second-order valence-electron chi connectivity index (χ2n) is 5.04. The SMILES string of the molecule is O=C(CC(O)c1ccc(Cl)cc1)Nc1nnc(C2CC2)s1. The van der Waals surface area contributed by atoms with Crippen molar-refractivity contribution in [1.82, 2.24) is 10.2 Å². The van der Waals surface area contributed by atoms with Crippen molar-refractivity contribution in [2.75, 3.05) is 5.32 Å². The van der Waals surface area contributed by atoms with Crippen LogP contribution in [0.1, 0.15) is 41.9 Å². The number of rotatable bonds is 5. The first-order valence-electron chi connectivity index (χ1n) is 6.68. The Morgan fingerprint density at radius 3 is 2.76 bits per heavy atom. The monoisotopic (exact) mass is 323 g/mol. The minimum Gasteiger partial charge on any atom is -0.388 e. The van der Waals surface area contributed by atoms with Crippen LogP contribution in [0.15, 0.2) is 24.3 Å². The van der Waals surface area contributed by atoms with Crippen molar-refractivity contribution < 1.29 is 9.90 Å². The summed E-state index contributed by atoms with van der Waals surface area (Å²) in [5, 5.41) is 22.8. The maximum absolute atomic E-state index is 11.9. The maximum Gasteiger partial charge on any atom is 0.229 e. The van der Waals surface area contributed by atoms with Gasteiger partial charge in [0, 0.05) is 10.9 Å². The number of carbonyl (C=O) groups excluding carboxylic acids is 1. The van der Waals surface area contributed by atoms with E-state index in [9.17, 15) is 9.90 Å². The third-order valence-corrected chi connectivity index (χ3v) is 4.50. The highest BCUT2D eigenvalue weighted by molar-refractivity contribution is 7.15. The van der Waals surface area contributed by atoms with Gasteiger partial charge in [-0.15, -0.1) is 10.2 Å². The zero-order chi connectivity index (χ0) is 14.8. The maximum atomic E-state index is 11.9. The van der Waals surface area contributed by atoms with E-state index in [4.69, 9.17) is 11.6 Å². The predicted octanol–water partition coefficient (Wildman–Crippen LogP) is 3.13. The van der Waals surface area contributed by atoms with E-state index in [2.05, 4.69) is 15.5 Å². The lowest BCUT2D eigenvalue weighted by Crippen LogP contribution is -2.15. The zero-order valence-corrected chi connectivity index (χ0v) is 12.7. The molecule has 1 aliphatic rings. The molecule has 1 unspecified atom stereocenters. The molecule has 1 aromatic carbocycles. The molecule has 1 heterocycles. The first kappa shape index (κ1) is 14.4. The van der Waals surface area contributed by atoms with Crippen LogP contribution in [0.3, 0.4) is 0 Å². The predicted molar refractivity (Wildman–Crippen MR) is 81.5 cm³/mol. The second-order valence-corrected chi connectivity index (χ2v) is 6.48. The highest BCUT2D eigenvalue weighted by Gasteiger charge is 2.27. The number of nitrogens with one attached hydrogen (secondary N) is 1. The fraction of sp³-hybridized carbons (Fsp3) is 0.357. The number of benzene rings is 1. The van der Waals surface area contributed by atoms with Crippen LogP contribution in [0.4, 0.5) is 5.13 Å². The number of carbonyl (C=O) groups is 1. The molecule has 0 bridgehead atoms. The van der Waals surface area contributed by atoms with Crippen LogP contribution >= 0.6 is 22.9 Å². The summed E-state index contributed by atoms with van der Waals surface area (Å²) < 4.78 is 0. The Morgan fingerprint density at radius 2 is 2.10 bits per heavy atom. The van der Waals surface area contributed by atoms with Crippen molar-refractivity contribution in [3.8, 4) is 0 Å². The summed E-state index contributed by atoms with van der Waals surface area (Å²) in [6.45, 7) is 0. The average molecular weight is 324 g/mol. The minimum absolute atomic E-state index is 0.0278. The van der Waals surface area contributed by atoms with Gasteiger partial charge in [-0.05, 0) is 30.5 Å². The molecular formula is C14H14ClN3O2S. The van der Waals surface area contributed by atoms with Crippen molar-refractivity contribution in [2.45, 2.75) is 31.3 Å². The van der Waals surface area contributed by atoms with Gasteiger partial charge in [-0.1, -0.05) is 35.1 Å². The van der Waals surface area contributed by atoms with Gasteiger partial charge < -0.3 is 10.4 Å². The van der Waals surface area contributed by atoms with E-state index in [1.54, 1.807) is 24.3 Å². The highest BCUT2D eigenvalue weighted by atomic mass is 35.5. The van der Waals surface area contributed by atoms with Gasteiger partial charge in [0.1, 0.15) is 5.01 Å². The first-order valence-corrected chi connectivity index (χ1v) is 7.88. The largest absolute Gasteiger partial charge is 0.388 e. The number of aliphatic hydroxyl groups is 1. The van der Waals surface area contributed by atoms with Crippen LogP contribution < -0.4 is 5.32 Å². The van der Waals surface area contributed by atoms with E-state index in [1.165, 1.54) is 11.3 Å². The van der Waals surface area contributed by atoms with E-state index < -0.39 is 6.10 Å². The molecule has 1 fully saturated rings. The molecule has 1 aliphatic carbocycles. The summed E-state index contributed by atoms with van der Waals surface area (Å²) in [6, 6.07) is 6.78. The Morgan fingerprint density at radius 1 is 1.38 bits per heavy atom. The van der Waals surface area contributed by atoms with Gasteiger partial charge in [-0.25, -0.2) is 0 Å². The topological polar surface area (TPSA) is 75.1 Å². The van der Waals surface area contributed by atoms with Crippen molar-refractivity contribution in [3.05, 3.63) is 39.9 Å². The van der Waals surface area contributed by atoms with Crippen LogP contribution in [0.25, 0.3) is 0 Å². The molecule has 0 saturated heterocycles. The molecule has 7 heteroatoms. The van der Waals surface area contributed by atoms with Crippen LogP contribution in [-0.4, -0.2) is 21.2 Å². The average Bonchev–Trinajstić information content (AvgIpc) is 3.20. The Hall–Kier alpha value is -1.50. The van der Waals surface area contributed by atoms with E-state index in [-0.39, 0.29) is 12.3 Å². The molecule has 1 saturated carbocycles. The van der Waals surface area contributed by atoms with Gasteiger partial charge in [0.15, 0.2) is 0 Å². The highest BCUT2D eigenvalue weighted by Crippen LogP contribution is 2.42. The molecule has 0 radical (unpaired) electrons. The lowest BCUT2D eigenvalue weighted by molar-refractivity contribution is -0.118. The number of amides is 1. The summed E-state index contributed by atoms with van der Waals surface area (Å²) >= 11 is 7.19. The molecule has 110 valence electrons. The molecular weight excluding hydrogens is 310 g/mol. The van der Waals surface area contributed by atoms with Crippen molar-refractivity contribution >= 4 is 34.0 Å². The number of hydrogen-bond donors (Lipinski definition) is 2. The van der Waals surface area contributed by atoms with Gasteiger partial charge in [0.2, 0.25) is 11.0 Å². The fourth-order valence-electron chi connectivity index (χ4n) is 1.93. The number of hydrogen-bond acceptors (Lipinski definition) is 5. The van der Waals surface area contributed by atoms with Crippen molar-refractivity contribution in [2.24, 2.45) is 0 Å². The standard InChI is InChI=1S/C14H14ClN3O2S/c15-10-5-3-8(4-6-10)11(19)7-12(20)16-14-18-17-13(21-14)9-1-2-9/h3-6,9,11,19H,1-2,7H2,(H,16,18,20). The number of aliphatic hydroxyl groups excluding tert-OH is 1. The fourth-order valence-corrected chi connectivity index (χ4v) is 2.98. The zero-order valence-electron chi connectivity index (χ0n) is 11.1. The van der Waals surface area contributed by atoms with Gasteiger partial charge in [-0.3, -0.25) is 4.79 Å². The van der Waals surface area contributed by atoms with E-state index in [0.717, 1.165) is 17.8 Å². The van der Waals surface area contributed by atoms with E-state index in [1.807, 2.05) is 0 Å². The number of anilines is 1. The minimum atomic E-state index is -0.863. The Bertz CT molecular complexity index is 640. The van der Waals surface area contributed by atoms with Gasteiger partial charge >= 0.3 is 0 Å². The second kappa shape index (κ2) is 6.09. The summed E-state index contributed by atoms with van der Waals surface area (Å²) in [5.41, 5.74) is 0.658. The number of halogens is 1. The smallest absolute Gasteiger partial charge is 0.229 e. The van der Waals surface area contributed by atoms with Gasteiger partial charge in [-0.2, -0.15) is 0 Å². The summed E-state index contributed by atoms with van der Waals surface area (Å²) in [7, 11) is 0. The first-order chi connectivity index (χ1) is 10.1. The van der Waals surface area contributed by atoms with Gasteiger partial charge in [0.25, 0.3) is 0 Å². The number of nitrogens with zero attached hydrogens (tertiary/aromatic N) is 2. The molecule has 0 aliphatic heterocycles. The van der Waals surface area contributed by atoms with E-state index in [0.29, 0.717) is 21.6 Å². The third kappa shape index (κ3) is 3.78. The van der Waals surface area contributed by atoms with Gasteiger partial charge in [0.05, 0.1) is 12.5 Å². The molecule has 1 amide bonds. The molecule has 3 rings (SSSR count). The van der Waals surface area contributed by atoms with Crippen LogP contribution in [0, 0.1) is 0 Å². The van der Waals surface area contributed by atoms with Crippen molar-refractivity contribution in [3.63, 3.8) is 0 Å². The quantitative estimate of drug-likeness (QED) is 0.886. The Balaban J connectivity index is 1.56. The molecule has 1 aromatic heterocycles.